The van der Waals surface area contributed by atoms with Gasteiger partial charge in [0.1, 0.15) is 0 Å². The van der Waals surface area contributed by atoms with Crippen LogP contribution in [0.25, 0.3) is 4.96 Å². The first-order chi connectivity index (χ1) is 9.83. The third-order valence-electron chi connectivity index (χ3n) is 4.14. The van der Waals surface area contributed by atoms with Gasteiger partial charge in [-0.15, -0.1) is 5.10 Å². The highest BCUT2D eigenvalue weighted by Gasteiger charge is 2.35. The Labute approximate surface area is 125 Å². The lowest BCUT2D eigenvalue weighted by Gasteiger charge is -2.43. The minimum atomic E-state index is -0.0934. The number of fused-ring (bicyclic) bond motifs is 2. The fourth-order valence-electron chi connectivity index (χ4n) is 3.18. The van der Waals surface area contributed by atoms with Crippen LogP contribution in [0.1, 0.15) is 25.7 Å². The molecule has 2 aromatic rings. The van der Waals surface area contributed by atoms with E-state index in [9.17, 15) is 4.79 Å². The Hall–Kier alpha value is -1.08. The molecular weight excluding hydrogens is 292 g/mol. The van der Waals surface area contributed by atoms with Crippen LogP contribution in [0, 0.1) is 0 Å². The van der Waals surface area contributed by atoms with Gasteiger partial charge in [-0.1, -0.05) is 24.2 Å². The number of thioether (sulfide) groups is 1. The summed E-state index contributed by atoms with van der Waals surface area (Å²) in [6.45, 7) is 1.03. The average molecular weight is 308 g/mol. The number of hydrogen-bond acceptors (Lipinski definition) is 6. The van der Waals surface area contributed by atoms with E-state index in [4.69, 9.17) is 0 Å². The van der Waals surface area contributed by atoms with Gasteiger partial charge in [0.15, 0.2) is 0 Å². The summed E-state index contributed by atoms with van der Waals surface area (Å²) < 4.78 is 1.43. The molecule has 2 aromatic heterocycles. The van der Waals surface area contributed by atoms with Crippen LogP contribution in [-0.2, 0) is 0 Å². The molecule has 1 aliphatic carbocycles. The van der Waals surface area contributed by atoms with E-state index in [-0.39, 0.29) is 5.56 Å². The van der Waals surface area contributed by atoms with Crippen LogP contribution in [0.5, 0.6) is 0 Å². The molecule has 1 saturated carbocycles. The zero-order chi connectivity index (χ0) is 13.5. The van der Waals surface area contributed by atoms with Gasteiger partial charge in [0.25, 0.3) is 5.56 Å². The summed E-state index contributed by atoms with van der Waals surface area (Å²) in [5.41, 5.74) is -0.0934. The Kier molecular flexibility index (Phi) is 3.18. The molecule has 0 aromatic carbocycles. The predicted octanol–water partition coefficient (Wildman–Crippen LogP) is 2.02. The number of hydrogen-bond donors (Lipinski definition) is 0. The van der Waals surface area contributed by atoms with Crippen LogP contribution >= 0.6 is 23.1 Å². The fourth-order valence-corrected chi connectivity index (χ4v) is 5.59. The van der Waals surface area contributed by atoms with Crippen molar-refractivity contribution in [2.75, 3.05) is 17.2 Å². The van der Waals surface area contributed by atoms with Gasteiger partial charge in [-0.25, -0.2) is 4.98 Å². The van der Waals surface area contributed by atoms with Gasteiger partial charge in [-0.2, -0.15) is 16.3 Å². The van der Waals surface area contributed by atoms with Gasteiger partial charge >= 0.3 is 0 Å². The second kappa shape index (κ2) is 5.04. The van der Waals surface area contributed by atoms with Crippen molar-refractivity contribution in [1.29, 1.82) is 0 Å². The van der Waals surface area contributed by atoms with E-state index in [1.165, 1.54) is 47.6 Å². The maximum absolute atomic E-state index is 11.8. The Morgan fingerprint density at radius 1 is 1.30 bits per heavy atom. The lowest BCUT2D eigenvalue weighted by molar-refractivity contribution is 0.421. The molecule has 3 heterocycles. The molecule has 1 saturated heterocycles. The van der Waals surface area contributed by atoms with E-state index < -0.39 is 0 Å². The topological polar surface area (TPSA) is 50.5 Å². The van der Waals surface area contributed by atoms with Gasteiger partial charge in [-0.3, -0.25) is 4.79 Å². The maximum Gasteiger partial charge on any atom is 0.275 e. The minimum absolute atomic E-state index is 0.0934. The third-order valence-corrected chi connectivity index (χ3v) is 6.49. The van der Waals surface area contributed by atoms with Crippen molar-refractivity contribution in [3.8, 4) is 0 Å². The van der Waals surface area contributed by atoms with Crippen LogP contribution < -0.4 is 10.5 Å². The maximum atomic E-state index is 11.8. The van der Waals surface area contributed by atoms with Gasteiger partial charge in [0, 0.05) is 35.9 Å². The van der Waals surface area contributed by atoms with Gasteiger partial charge in [-0.05, 0) is 12.8 Å². The summed E-state index contributed by atoms with van der Waals surface area (Å²) in [6.07, 6.45) is 6.78. The highest BCUT2D eigenvalue weighted by Crippen LogP contribution is 2.38. The molecule has 4 rings (SSSR count). The first-order valence-electron chi connectivity index (χ1n) is 7.06. The lowest BCUT2D eigenvalue weighted by atomic mass is 9.93. The summed E-state index contributed by atoms with van der Waals surface area (Å²) in [7, 11) is 0. The summed E-state index contributed by atoms with van der Waals surface area (Å²) >= 11 is 3.64. The molecule has 0 radical (unpaired) electrons. The number of aromatic nitrogens is 3. The van der Waals surface area contributed by atoms with E-state index in [1.807, 2.05) is 0 Å². The van der Waals surface area contributed by atoms with Crippen LogP contribution in [0.2, 0.25) is 0 Å². The van der Waals surface area contributed by atoms with Crippen molar-refractivity contribution in [3.05, 3.63) is 22.6 Å². The van der Waals surface area contributed by atoms with Crippen LogP contribution in [0.3, 0.4) is 0 Å². The quantitative estimate of drug-likeness (QED) is 0.806. The Balaban J connectivity index is 1.73. The van der Waals surface area contributed by atoms with Crippen molar-refractivity contribution in [2.24, 2.45) is 0 Å². The summed E-state index contributed by atoms with van der Waals surface area (Å²) in [5.74, 6) is 1.15. The minimum Gasteiger partial charge on any atom is -0.342 e. The second-order valence-corrected chi connectivity index (χ2v) is 7.60. The largest absolute Gasteiger partial charge is 0.342 e. The summed E-state index contributed by atoms with van der Waals surface area (Å²) in [4.78, 5) is 19.2. The molecule has 106 valence electrons. The first-order valence-corrected chi connectivity index (χ1v) is 8.92. The number of anilines is 1. The zero-order valence-electron chi connectivity index (χ0n) is 11.1. The smallest absolute Gasteiger partial charge is 0.275 e. The van der Waals surface area contributed by atoms with Crippen molar-refractivity contribution in [3.63, 3.8) is 0 Å². The van der Waals surface area contributed by atoms with E-state index in [0.717, 1.165) is 22.7 Å². The van der Waals surface area contributed by atoms with Crippen molar-refractivity contribution >= 4 is 33.2 Å². The van der Waals surface area contributed by atoms with Crippen molar-refractivity contribution < 1.29 is 0 Å². The lowest BCUT2D eigenvalue weighted by Crippen LogP contribution is -2.49. The fraction of sp³-hybridized carbons (Fsp3) is 0.615. The van der Waals surface area contributed by atoms with Crippen molar-refractivity contribution in [1.82, 2.24) is 14.6 Å². The van der Waals surface area contributed by atoms with Gasteiger partial charge < -0.3 is 4.90 Å². The molecular formula is C13H16N4OS2. The monoisotopic (exact) mass is 308 g/mol. The average Bonchev–Trinajstić information content (AvgIpc) is 2.92. The molecule has 7 heteroatoms. The third kappa shape index (κ3) is 2.03. The molecule has 2 aliphatic rings. The molecule has 0 N–H and O–H groups in total. The second-order valence-electron chi connectivity index (χ2n) is 5.32. The van der Waals surface area contributed by atoms with Crippen molar-refractivity contribution in [2.45, 2.75) is 37.0 Å². The van der Waals surface area contributed by atoms with E-state index in [1.54, 1.807) is 6.20 Å². The first kappa shape index (κ1) is 12.6. The molecule has 5 nitrogen and oxygen atoms in total. The van der Waals surface area contributed by atoms with E-state index in [2.05, 4.69) is 26.7 Å². The van der Waals surface area contributed by atoms with Gasteiger partial charge in [0.2, 0.25) is 10.1 Å². The molecule has 1 aliphatic heterocycles. The molecule has 20 heavy (non-hydrogen) atoms. The Bertz CT molecular complexity index is 680. The SMILES string of the molecule is O=c1ccnc2sc(N3CCS[C@H]4CCCC[C@@H]43)nn12. The highest BCUT2D eigenvalue weighted by atomic mass is 32.2. The molecule has 0 unspecified atom stereocenters. The molecule has 0 spiro atoms. The Morgan fingerprint density at radius 2 is 2.20 bits per heavy atom. The summed E-state index contributed by atoms with van der Waals surface area (Å²) in [6, 6.07) is 2.05. The molecule has 0 bridgehead atoms. The molecule has 2 fully saturated rings. The van der Waals surface area contributed by atoms with Crippen LogP contribution in [0.15, 0.2) is 17.1 Å². The van der Waals surface area contributed by atoms with E-state index in [0.29, 0.717) is 11.0 Å². The highest BCUT2D eigenvalue weighted by molar-refractivity contribution is 8.00. The van der Waals surface area contributed by atoms with Crippen LogP contribution in [0.4, 0.5) is 5.13 Å². The normalized spacial score (nSPS) is 26.7. The Morgan fingerprint density at radius 3 is 3.10 bits per heavy atom. The predicted molar refractivity (Wildman–Crippen MR) is 83.0 cm³/mol. The van der Waals surface area contributed by atoms with Crippen LogP contribution in [-0.4, -0.2) is 38.2 Å². The zero-order valence-corrected chi connectivity index (χ0v) is 12.7. The number of rotatable bonds is 1. The van der Waals surface area contributed by atoms with Gasteiger partial charge in [0.05, 0.1) is 0 Å². The standard InChI is InChI=1S/C13H16N4OS2/c18-11-5-6-14-12-17(11)15-13(20-12)16-7-8-19-10-4-2-1-3-9(10)16/h5-6,9-10H,1-4,7-8H2/t9-,10-/m0/s1. The molecule has 0 amide bonds. The summed E-state index contributed by atoms with van der Waals surface area (Å²) in [5, 5.41) is 6.19. The molecule has 2 atom stereocenters. The van der Waals surface area contributed by atoms with E-state index >= 15 is 0 Å². The number of nitrogens with zero attached hydrogens (tertiary/aromatic N) is 4.